The van der Waals surface area contributed by atoms with E-state index in [1.54, 1.807) is 6.07 Å². The lowest BCUT2D eigenvalue weighted by Crippen LogP contribution is -2.38. The minimum Gasteiger partial charge on any atom is -0.381 e. The van der Waals surface area contributed by atoms with Gasteiger partial charge in [-0.1, -0.05) is 26.7 Å². The fraction of sp³-hybridized carbons (Fsp3) is 0.588. The molecule has 2 rings (SSSR count). The largest absolute Gasteiger partial charge is 0.381 e. The van der Waals surface area contributed by atoms with E-state index in [0.717, 1.165) is 32.3 Å². The van der Waals surface area contributed by atoms with Crippen molar-refractivity contribution in [2.24, 2.45) is 5.92 Å². The highest BCUT2D eigenvalue weighted by Crippen LogP contribution is 2.28. The normalized spacial score (nSPS) is 22.0. The second-order valence-corrected chi connectivity index (χ2v) is 5.65. The first-order chi connectivity index (χ1) is 10.2. The lowest BCUT2D eigenvalue weighted by Gasteiger charge is -2.35. The van der Waals surface area contributed by atoms with Crippen LogP contribution in [0.2, 0.25) is 0 Å². The summed E-state index contributed by atoms with van der Waals surface area (Å²) < 4.78 is 19.1. The molecule has 1 fully saturated rings. The smallest absolute Gasteiger partial charge is 0.124 e. The number of hydrogen-bond donors (Lipinski definition) is 1. The van der Waals surface area contributed by atoms with Crippen LogP contribution in [0.3, 0.4) is 0 Å². The maximum absolute atomic E-state index is 13.2. The van der Waals surface area contributed by atoms with Crippen LogP contribution in [-0.2, 0) is 4.74 Å². The molecule has 0 saturated carbocycles. The Morgan fingerprint density at radius 1 is 1.43 bits per heavy atom. The summed E-state index contributed by atoms with van der Waals surface area (Å²) in [6.45, 7) is 5.13. The van der Waals surface area contributed by atoms with Crippen molar-refractivity contribution in [3.8, 4) is 6.07 Å². The first-order valence-corrected chi connectivity index (χ1v) is 7.75. The second-order valence-electron chi connectivity index (χ2n) is 5.65. The molecule has 1 N–H and O–H groups in total. The highest BCUT2D eigenvalue weighted by Gasteiger charge is 2.27. The van der Waals surface area contributed by atoms with Crippen LogP contribution in [0.1, 0.15) is 45.1 Å². The van der Waals surface area contributed by atoms with Gasteiger partial charge in [0.15, 0.2) is 0 Å². The van der Waals surface area contributed by atoms with E-state index in [-0.39, 0.29) is 18.0 Å². The van der Waals surface area contributed by atoms with E-state index < -0.39 is 0 Å². The molecule has 3 nitrogen and oxygen atoms in total. The van der Waals surface area contributed by atoms with Crippen LogP contribution >= 0.6 is 0 Å². The average molecular weight is 290 g/mol. The third-order valence-electron chi connectivity index (χ3n) is 4.35. The molecule has 0 amide bonds. The van der Waals surface area contributed by atoms with E-state index in [0.29, 0.717) is 17.2 Å². The summed E-state index contributed by atoms with van der Waals surface area (Å²) in [5.41, 5.74) is 1.08. The zero-order chi connectivity index (χ0) is 15.2. The molecule has 2 atom stereocenters. The Labute approximate surface area is 126 Å². The number of ether oxygens (including phenoxy) is 1. The Morgan fingerprint density at radius 2 is 2.19 bits per heavy atom. The van der Waals surface area contributed by atoms with Crippen LogP contribution in [0.25, 0.3) is 0 Å². The number of halogens is 1. The van der Waals surface area contributed by atoms with E-state index in [2.05, 4.69) is 19.2 Å². The molecule has 0 spiro atoms. The number of benzene rings is 1. The van der Waals surface area contributed by atoms with Gasteiger partial charge in [-0.15, -0.1) is 0 Å². The Bertz CT molecular complexity index is 508. The maximum atomic E-state index is 13.2. The Morgan fingerprint density at radius 3 is 2.86 bits per heavy atom. The van der Waals surface area contributed by atoms with Crippen molar-refractivity contribution in [1.82, 2.24) is 0 Å². The summed E-state index contributed by atoms with van der Waals surface area (Å²) in [5.74, 6) is 0.206. The first kappa shape index (κ1) is 15.8. The minimum absolute atomic E-state index is 0.275. The van der Waals surface area contributed by atoms with Gasteiger partial charge >= 0.3 is 0 Å². The van der Waals surface area contributed by atoms with E-state index in [9.17, 15) is 4.39 Å². The van der Waals surface area contributed by atoms with Gasteiger partial charge in [-0.2, -0.15) is 5.26 Å². The highest BCUT2D eigenvalue weighted by molar-refractivity contribution is 5.57. The molecule has 0 aliphatic carbocycles. The van der Waals surface area contributed by atoms with E-state index in [1.807, 2.05) is 6.07 Å². The van der Waals surface area contributed by atoms with Gasteiger partial charge in [-0.25, -0.2) is 4.39 Å². The zero-order valence-electron chi connectivity index (χ0n) is 12.7. The molecule has 114 valence electrons. The molecule has 2 unspecified atom stereocenters. The van der Waals surface area contributed by atoms with Gasteiger partial charge in [-0.3, -0.25) is 0 Å². The standard InChI is InChI=1S/C17H23FN2O/c1-3-12(4-2)17-10-15(7-8-21-17)20-16-6-5-14(18)9-13(16)11-19/h5-6,9,12,15,17,20H,3-4,7-8,10H2,1-2H3. The number of nitriles is 1. The van der Waals surface area contributed by atoms with Crippen molar-refractivity contribution in [1.29, 1.82) is 5.26 Å². The van der Waals surface area contributed by atoms with Gasteiger partial charge in [0.2, 0.25) is 0 Å². The van der Waals surface area contributed by atoms with Crippen molar-refractivity contribution in [2.45, 2.75) is 51.7 Å². The molecular formula is C17H23FN2O. The van der Waals surface area contributed by atoms with Crippen molar-refractivity contribution in [2.75, 3.05) is 11.9 Å². The van der Waals surface area contributed by atoms with Crippen molar-refractivity contribution < 1.29 is 9.13 Å². The fourth-order valence-corrected chi connectivity index (χ4v) is 3.06. The van der Waals surface area contributed by atoms with Gasteiger partial charge in [0.25, 0.3) is 0 Å². The summed E-state index contributed by atoms with van der Waals surface area (Å²) in [6, 6.07) is 6.64. The van der Waals surface area contributed by atoms with E-state index in [1.165, 1.54) is 12.1 Å². The van der Waals surface area contributed by atoms with Crippen LogP contribution in [0.5, 0.6) is 0 Å². The number of anilines is 1. The Kier molecular flexibility index (Phi) is 5.58. The van der Waals surface area contributed by atoms with Gasteiger partial charge in [0, 0.05) is 12.6 Å². The third kappa shape index (κ3) is 3.95. The van der Waals surface area contributed by atoms with Crippen molar-refractivity contribution in [3.05, 3.63) is 29.6 Å². The quantitative estimate of drug-likeness (QED) is 0.888. The molecule has 1 aromatic rings. The Balaban J connectivity index is 2.04. The summed E-state index contributed by atoms with van der Waals surface area (Å²) in [7, 11) is 0. The van der Waals surface area contributed by atoms with E-state index >= 15 is 0 Å². The van der Waals surface area contributed by atoms with Crippen LogP contribution < -0.4 is 5.32 Å². The van der Waals surface area contributed by atoms with Crippen LogP contribution in [-0.4, -0.2) is 18.8 Å². The lowest BCUT2D eigenvalue weighted by molar-refractivity contribution is -0.0271. The summed E-state index contributed by atoms with van der Waals surface area (Å²) in [4.78, 5) is 0. The van der Waals surface area contributed by atoms with Gasteiger partial charge < -0.3 is 10.1 Å². The summed E-state index contributed by atoms with van der Waals surface area (Å²) in [6.07, 6.45) is 4.37. The van der Waals surface area contributed by atoms with Crippen LogP contribution in [0.15, 0.2) is 18.2 Å². The monoisotopic (exact) mass is 290 g/mol. The first-order valence-electron chi connectivity index (χ1n) is 7.75. The number of rotatable bonds is 5. The summed E-state index contributed by atoms with van der Waals surface area (Å²) in [5, 5.41) is 12.5. The highest BCUT2D eigenvalue weighted by atomic mass is 19.1. The predicted molar refractivity (Wildman–Crippen MR) is 81.6 cm³/mol. The molecule has 0 radical (unpaired) electrons. The SMILES string of the molecule is CCC(CC)C1CC(Nc2ccc(F)cc2C#N)CCO1. The second kappa shape index (κ2) is 7.42. The fourth-order valence-electron chi connectivity index (χ4n) is 3.06. The molecule has 1 aliphatic heterocycles. The molecule has 0 aromatic heterocycles. The number of nitrogens with one attached hydrogen (secondary N) is 1. The molecule has 1 aromatic carbocycles. The molecule has 1 heterocycles. The summed E-state index contributed by atoms with van der Waals surface area (Å²) >= 11 is 0. The molecule has 0 bridgehead atoms. The third-order valence-corrected chi connectivity index (χ3v) is 4.35. The predicted octanol–water partition coefficient (Wildman–Crippen LogP) is 4.09. The number of nitrogens with zero attached hydrogens (tertiary/aromatic N) is 1. The Hall–Kier alpha value is -1.60. The van der Waals surface area contributed by atoms with Gasteiger partial charge in [0.1, 0.15) is 11.9 Å². The molecule has 1 aliphatic rings. The number of hydrogen-bond acceptors (Lipinski definition) is 3. The van der Waals surface area contributed by atoms with Gasteiger partial charge in [0.05, 0.1) is 17.4 Å². The maximum Gasteiger partial charge on any atom is 0.124 e. The van der Waals surface area contributed by atoms with Crippen LogP contribution in [0.4, 0.5) is 10.1 Å². The molecular weight excluding hydrogens is 267 g/mol. The molecule has 1 saturated heterocycles. The minimum atomic E-state index is -0.376. The molecule has 21 heavy (non-hydrogen) atoms. The van der Waals surface area contributed by atoms with Crippen LogP contribution in [0, 0.1) is 23.1 Å². The molecule has 4 heteroatoms. The van der Waals surface area contributed by atoms with E-state index in [4.69, 9.17) is 10.00 Å². The van der Waals surface area contributed by atoms with Gasteiger partial charge in [-0.05, 0) is 37.0 Å². The van der Waals surface area contributed by atoms with Crippen molar-refractivity contribution in [3.63, 3.8) is 0 Å². The zero-order valence-corrected chi connectivity index (χ0v) is 12.7. The lowest BCUT2D eigenvalue weighted by atomic mass is 9.89. The topological polar surface area (TPSA) is 45.0 Å². The average Bonchev–Trinajstić information content (AvgIpc) is 2.51. The van der Waals surface area contributed by atoms with Crippen molar-refractivity contribution >= 4 is 5.69 Å².